The molecule has 2 fully saturated rings. The van der Waals surface area contributed by atoms with E-state index < -0.39 is 0 Å². The van der Waals surface area contributed by atoms with Crippen molar-refractivity contribution in [2.45, 2.75) is 19.4 Å². The first-order valence-electron chi connectivity index (χ1n) is 6.58. The number of nitrogens with one attached hydrogen (secondary N) is 2. The van der Waals surface area contributed by atoms with Gasteiger partial charge in [0.05, 0.1) is 6.54 Å². The second kappa shape index (κ2) is 5.65. The van der Waals surface area contributed by atoms with Crippen molar-refractivity contribution in [2.24, 2.45) is 11.8 Å². The van der Waals surface area contributed by atoms with Crippen molar-refractivity contribution < 1.29 is 4.79 Å². The SMILES string of the molecule is C=CCNC(=O)CN1CC2CNCC2C1CC. The number of likely N-dealkylation sites (tertiary alicyclic amines) is 1. The van der Waals surface area contributed by atoms with E-state index >= 15 is 0 Å². The topological polar surface area (TPSA) is 44.4 Å². The van der Waals surface area contributed by atoms with Gasteiger partial charge < -0.3 is 10.6 Å². The van der Waals surface area contributed by atoms with Gasteiger partial charge >= 0.3 is 0 Å². The Morgan fingerprint density at radius 2 is 2.41 bits per heavy atom. The molecule has 0 saturated carbocycles. The number of carbonyl (C=O) groups is 1. The van der Waals surface area contributed by atoms with Crippen LogP contribution in [0.3, 0.4) is 0 Å². The highest BCUT2D eigenvalue weighted by atomic mass is 16.2. The highest BCUT2D eigenvalue weighted by Gasteiger charge is 2.43. The zero-order chi connectivity index (χ0) is 12.3. The molecule has 3 unspecified atom stereocenters. The highest BCUT2D eigenvalue weighted by Crippen LogP contribution is 2.33. The van der Waals surface area contributed by atoms with E-state index in [1.54, 1.807) is 6.08 Å². The largest absolute Gasteiger partial charge is 0.352 e. The molecule has 0 aliphatic carbocycles. The number of fused-ring (bicyclic) bond motifs is 1. The van der Waals surface area contributed by atoms with Crippen LogP contribution in [0.4, 0.5) is 0 Å². The van der Waals surface area contributed by atoms with Crippen LogP contribution in [-0.4, -0.2) is 49.6 Å². The van der Waals surface area contributed by atoms with Crippen LogP contribution < -0.4 is 10.6 Å². The summed E-state index contributed by atoms with van der Waals surface area (Å²) < 4.78 is 0. The predicted octanol–water partition coefficient (Wildman–Crippen LogP) is 0.218. The van der Waals surface area contributed by atoms with Crippen LogP contribution in [0.1, 0.15) is 13.3 Å². The molecule has 2 N–H and O–H groups in total. The van der Waals surface area contributed by atoms with E-state index in [1.807, 2.05) is 0 Å². The van der Waals surface area contributed by atoms with Gasteiger partial charge in [0, 0.05) is 19.1 Å². The van der Waals surface area contributed by atoms with Crippen molar-refractivity contribution in [1.29, 1.82) is 0 Å². The van der Waals surface area contributed by atoms with Crippen molar-refractivity contribution >= 4 is 5.91 Å². The monoisotopic (exact) mass is 237 g/mol. The normalized spacial score (nSPS) is 32.4. The Bertz CT molecular complexity index is 292. The summed E-state index contributed by atoms with van der Waals surface area (Å²) >= 11 is 0. The van der Waals surface area contributed by atoms with E-state index in [0.29, 0.717) is 19.1 Å². The lowest BCUT2D eigenvalue weighted by Gasteiger charge is -2.26. The van der Waals surface area contributed by atoms with Crippen LogP contribution in [0.5, 0.6) is 0 Å². The summed E-state index contributed by atoms with van der Waals surface area (Å²) in [6, 6.07) is 0.574. The Kier molecular flexibility index (Phi) is 4.18. The van der Waals surface area contributed by atoms with Crippen LogP contribution >= 0.6 is 0 Å². The molecule has 2 aliphatic rings. The molecule has 17 heavy (non-hydrogen) atoms. The standard InChI is InChI=1S/C13H23N3O/c1-3-5-15-13(17)9-16-8-10-6-14-7-11(10)12(16)4-2/h3,10-12,14H,1,4-9H2,2H3,(H,15,17). The lowest BCUT2D eigenvalue weighted by Crippen LogP contribution is -2.42. The van der Waals surface area contributed by atoms with Gasteiger partial charge in [0.1, 0.15) is 0 Å². The Morgan fingerprint density at radius 3 is 3.12 bits per heavy atom. The Balaban J connectivity index is 1.88. The number of carbonyl (C=O) groups excluding carboxylic acids is 1. The van der Waals surface area contributed by atoms with E-state index in [-0.39, 0.29) is 5.91 Å². The molecule has 2 rings (SSSR count). The van der Waals surface area contributed by atoms with E-state index in [9.17, 15) is 4.79 Å². The number of amides is 1. The number of hydrogen-bond donors (Lipinski definition) is 2. The summed E-state index contributed by atoms with van der Waals surface area (Å²) in [7, 11) is 0. The van der Waals surface area contributed by atoms with Gasteiger partial charge in [-0.05, 0) is 31.3 Å². The minimum Gasteiger partial charge on any atom is -0.352 e. The summed E-state index contributed by atoms with van der Waals surface area (Å²) in [6.45, 7) is 10.2. The molecular formula is C13H23N3O. The van der Waals surface area contributed by atoms with Gasteiger partial charge in [-0.1, -0.05) is 13.0 Å². The lowest BCUT2D eigenvalue weighted by molar-refractivity contribution is -0.122. The molecular weight excluding hydrogens is 214 g/mol. The van der Waals surface area contributed by atoms with Gasteiger partial charge in [0.2, 0.25) is 5.91 Å². The molecule has 0 bridgehead atoms. The third-order valence-corrected chi connectivity index (χ3v) is 4.03. The molecule has 1 amide bonds. The molecule has 0 aromatic rings. The number of hydrogen-bond acceptors (Lipinski definition) is 3. The average molecular weight is 237 g/mol. The average Bonchev–Trinajstić information content (AvgIpc) is 2.86. The molecule has 3 atom stereocenters. The first-order valence-corrected chi connectivity index (χ1v) is 6.58. The molecule has 2 heterocycles. The second-order valence-electron chi connectivity index (χ2n) is 5.08. The van der Waals surface area contributed by atoms with Crippen molar-refractivity contribution in [3.8, 4) is 0 Å². The maximum atomic E-state index is 11.7. The molecule has 4 nitrogen and oxygen atoms in total. The minimum absolute atomic E-state index is 0.122. The zero-order valence-corrected chi connectivity index (χ0v) is 10.6. The molecule has 0 radical (unpaired) electrons. The summed E-state index contributed by atoms with van der Waals surface area (Å²) in [5.41, 5.74) is 0. The fraction of sp³-hybridized carbons (Fsp3) is 0.769. The molecule has 0 aromatic heterocycles. The van der Waals surface area contributed by atoms with Crippen molar-refractivity contribution in [1.82, 2.24) is 15.5 Å². The fourth-order valence-corrected chi connectivity index (χ4v) is 3.28. The van der Waals surface area contributed by atoms with Crippen molar-refractivity contribution in [3.05, 3.63) is 12.7 Å². The van der Waals surface area contributed by atoms with E-state index in [1.165, 1.54) is 0 Å². The maximum absolute atomic E-state index is 11.7. The molecule has 4 heteroatoms. The van der Waals surface area contributed by atoms with Gasteiger partial charge in [-0.15, -0.1) is 6.58 Å². The second-order valence-corrected chi connectivity index (χ2v) is 5.08. The van der Waals surface area contributed by atoms with E-state index in [2.05, 4.69) is 29.0 Å². The summed E-state index contributed by atoms with van der Waals surface area (Å²) in [5.74, 6) is 1.61. The third-order valence-electron chi connectivity index (χ3n) is 4.03. The smallest absolute Gasteiger partial charge is 0.234 e. The van der Waals surface area contributed by atoms with Crippen LogP contribution in [0, 0.1) is 11.8 Å². The van der Waals surface area contributed by atoms with E-state index in [4.69, 9.17) is 0 Å². The first-order chi connectivity index (χ1) is 8.26. The number of nitrogens with zero attached hydrogens (tertiary/aromatic N) is 1. The Morgan fingerprint density at radius 1 is 1.59 bits per heavy atom. The first kappa shape index (κ1) is 12.6. The lowest BCUT2D eigenvalue weighted by atomic mass is 9.93. The Labute approximate surface area is 103 Å². The van der Waals surface area contributed by atoms with Crippen molar-refractivity contribution in [3.63, 3.8) is 0 Å². The van der Waals surface area contributed by atoms with E-state index in [0.717, 1.165) is 37.9 Å². The molecule has 2 saturated heterocycles. The van der Waals surface area contributed by atoms with Crippen LogP contribution in [0.2, 0.25) is 0 Å². The summed E-state index contributed by atoms with van der Waals surface area (Å²) in [4.78, 5) is 14.1. The molecule has 0 spiro atoms. The predicted molar refractivity (Wildman–Crippen MR) is 68.7 cm³/mol. The highest BCUT2D eigenvalue weighted by molar-refractivity contribution is 5.78. The van der Waals surface area contributed by atoms with Gasteiger partial charge in [0.15, 0.2) is 0 Å². The van der Waals surface area contributed by atoms with Gasteiger partial charge in [0.25, 0.3) is 0 Å². The van der Waals surface area contributed by atoms with Gasteiger partial charge in [-0.25, -0.2) is 0 Å². The number of rotatable bonds is 5. The summed E-state index contributed by atoms with van der Waals surface area (Å²) in [6.07, 6.45) is 2.86. The quantitative estimate of drug-likeness (QED) is 0.672. The fourth-order valence-electron chi connectivity index (χ4n) is 3.28. The maximum Gasteiger partial charge on any atom is 0.234 e. The van der Waals surface area contributed by atoms with Crippen LogP contribution in [-0.2, 0) is 4.79 Å². The molecule has 0 aromatic carbocycles. The molecule has 96 valence electrons. The van der Waals surface area contributed by atoms with Crippen molar-refractivity contribution in [2.75, 3.05) is 32.7 Å². The van der Waals surface area contributed by atoms with Crippen LogP contribution in [0.25, 0.3) is 0 Å². The summed E-state index contributed by atoms with van der Waals surface area (Å²) in [5, 5.41) is 6.31. The van der Waals surface area contributed by atoms with Gasteiger partial charge in [-0.2, -0.15) is 0 Å². The third kappa shape index (κ3) is 2.69. The molecule has 2 aliphatic heterocycles. The van der Waals surface area contributed by atoms with Crippen LogP contribution in [0.15, 0.2) is 12.7 Å². The zero-order valence-electron chi connectivity index (χ0n) is 10.6. The van der Waals surface area contributed by atoms with Gasteiger partial charge in [-0.3, -0.25) is 9.69 Å². The minimum atomic E-state index is 0.122. The Hall–Kier alpha value is -0.870.